The van der Waals surface area contributed by atoms with Crippen molar-refractivity contribution in [1.29, 1.82) is 0 Å². The van der Waals surface area contributed by atoms with Crippen molar-refractivity contribution in [3.05, 3.63) is 194 Å². The molecule has 308 valence electrons. The van der Waals surface area contributed by atoms with Crippen molar-refractivity contribution in [3.8, 4) is 20.9 Å². The molecule has 0 amide bonds. The van der Waals surface area contributed by atoms with Crippen molar-refractivity contribution < 1.29 is 0 Å². The number of hydrogen-bond donors (Lipinski definition) is 0. The minimum absolute atomic E-state index is 0.0302. The lowest BCUT2D eigenvalue weighted by atomic mass is 9.31. The molecule has 0 saturated carbocycles. The SMILES string of the molecule is c1ccc(-c2sc(-c3ccccc3)c3c2N2c4cccc5c4B(c4cccc6c4N5c4ccccc4S6)c4ccc5c(c42)N3c2cccc3c2B5c2cccc4c2N3c2ccccc2S4)cc1. The van der Waals surface area contributed by atoms with Gasteiger partial charge < -0.3 is 19.6 Å². The van der Waals surface area contributed by atoms with Gasteiger partial charge >= 0.3 is 0 Å². The molecule has 0 bridgehead atoms. The number of fused-ring (bicyclic) bond motifs is 15. The smallest absolute Gasteiger partial charge is 0.252 e. The van der Waals surface area contributed by atoms with Crippen LogP contribution in [-0.4, -0.2) is 13.4 Å². The molecule has 0 spiro atoms. The van der Waals surface area contributed by atoms with Crippen LogP contribution in [-0.2, 0) is 0 Å². The minimum atomic E-state index is 0.0302. The third-order valence-electron chi connectivity index (χ3n) is 15.1. The van der Waals surface area contributed by atoms with Crippen molar-refractivity contribution >= 4 is 149 Å². The van der Waals surface area contributed by atoms with Crippen molar-refractivity contribution in [1.82, 2.24) is 0 Å². The van der Waals surface area contributed by atoms with Gasteiger partial charge in [-0.1, -0.05) is 157 Å². The number of hydrogen-bond acceptors (Lipinski definition) is 7. The fourth-order valence-electron chi connectivity index (χ4n) is 12.7. The fraction of sp³-hybridized carbons (Fsp3) is 0. The average Bonchev–Trinajstić information content (AvgIpc) is 3.79. The normalized spacial score (nSPS) is 14.9. The molecule has 0 atom stereocenters. The van der Waals surface area contributed by atoms with E-state index < -0.39 is 0 Å². The lowest BCUT2D eigenvalue weighted by molar-refractivity contribution is 1.15. The molecule has 17 rings (SSSR count). The van der Waals surface area contributed by atoms with E-state index in [1.807, 2.05) is 34.9 Å². The van der Waals surface area contributed by atoms with E-state index in [1.165, 1.54) is 141 Å². The Labute approximate surface area is 400 Å². The molecule has 0 fully saturated rings. The number of nitrogens with zero attached hydrogens (tertiary/aromatic N) is 4. The molecular formula is C58H32B2N4S3. The number of anilines is 12. The molecule has 0 unspecified atom stereocenters. The van der Waals surface area contributed by atoms with Gasteiger partial charge in [-0.25, -0.2) is 0 Å². The first-order valence-electron chi connectivity index (χ1n) is 23.0. The number of benzene rings is 9. The molecule has 4 nitrogen and oxygen atoms in total. The van der Waals surface area contributed by atoms with Crippen LogP contribution in [0.4, 0.5) is 68.2 Å². The summed E-state index contributed by atoms with van der Waals surface area (Å²) in [6.45, 7) is 0.0603. The van der Waals surface area contributed by atoms with Gasteiger partial charge in [-0.05, 0) is 105 Å². The quantitative estimate of drug-likeness (QED) is 0.159. The number of rotatable bonds is 2. The number of para-hydroxylation sites is 4. The van der Waals surface area contributed by atoms with Crippen LogP contribution < -0.4 is 52.4 Å². The van der Waals surface area contributed by atoms with Crippen molar-refractivity contribution in [2.45, 2.75) is 19.6 Å². The Balaban J connectivity index is 1.03. The van der Waals surface area contributed by atoms with Crippen LogP contribution in [0.2, 0.25) is 0 Å². The highest BCUT2D eigenvalue weighted by Gasteiger charge is 2.54. The highest BCUT2D eigenvalue weighted by molar-refractivity contribution is 8.00. The van der Waals surface area contributed by atoms with Gasteiger partial charge in [0.25, 0.3) is 13.4 Å². The summed E-state index contributed by atoms with van der Waals surface area (Å²) in [6, 6.07) is 73.5. The zero-order valence-electron chi connectivity index (χ0n) is 35.6. The van der Waals surface area contributed by atoms with E-state index in [0.717, 1.165) is 0 Å². The molecular weight excluding hydrogens is 870 g/mol. The van der Waals surface area contributed by atoms with Crippen LogP contribution >= 0.6 is 34.9 Å². The van der Waals surface area contributed by atoms with Gasteiger partial charge in [0.15, 0.2) is 0 Å². The van der Waals surface area contributed by atoms with E-state index in [1.54, 1.807) is 0 Å². The third-order valence-corrected chi connectivity index (χ3v) is 18.6. The molecule has 9 aromatic carbocycles. The van der Waals surface area contributed by atoms with Crippen molar-refractivity contribution in [3.63, 3.8) is 0 Å². The van der Waals surface area contributed by atoms with Crippen LogP contribution in [0.3, 0.4) is 0 Å². The topological polar surface area (TPSA) is 13.0 Å². The van der Waals surface area contributed by atoms with Crippen LogP contribution in [0.5, 0.6) is 0 Å². The van der Waals surface area contributed by atoms with Crippen molar-refractivity contribution in [2.24, 2.45) is 0 Å². The summed E-state index contributed by atoms with van der Waals surface area (Å²) >= 11 is 5.73. The molecule has 7 aliphatic rings. The maximum absolute atomic E-state index is 2.72. The molecule has 1 aromatic heterocycles. The summed E-state index contributed by atoms with van der Waals surface area (Å²) in [6.07, 6.45) is 0. The summed E-state index contributed by atoms with van der Waals surface area (Å²) in [4.78, 5) is 18.3. The van der Waals surface area contributed by atoms with Crippen LogP contribution in [0, 0.1) is 0 Å². The monoisotopic (exact) mass is 902 g/mol. The summed E-state index contributed by atoms with van der Waals surface area (Å²) < 4.78 is 0. The van der Waals surface area contributed by atoms with E-state index in [0.29, 0.717) is 0 Å². The zero-order valence-corrected chi connectivity index (χ0v) is 38.1. The lowest BCUT2D eigenvalue weighted by Gasteiger charge is -2.52. The highest BCUT2D eigenvalue weighted by atomic mass is 32.2. The Morgan fingerprint density at radius 2 is 0.627 bits per heavy atom. The first-order chi connectivity index (χ1) is 33.3. The largest absolute Gasteiger partial charge is 0.309 e. The van der Waals surface area contributed by atoms with Gasteiger partial charge in [-0.15, -0.1) is 11.3 Å². The van der Waals surface area contributed by atoms with Gasteiger partial charge in [0.2, 0.25) is 0 Å². The van der Waals surface area contributed by atoms with Gasteiger partial charge in [0, 0.05) is 42.3 Å². The third kappa shape index (κ3) is 4.38. The summed E-state index contributed by atoms with van der Waals surface area (Å²) in [5, 5.41) is 0. The second kappa shape index (κ2) is 12.8. The molecule has 10 aromatic rings. The van der Waals surface area contributed by atoms with E-state index >= 15 is 0 Å². The molecule has 0 N–H and O–H groups in total. The second-order valence-corrected chi connectivity index (χ2v) is 21.5. The van der Waals surface area contributed by atoms with E-state index in [4.69, 9.17) is 0 Å². The van der Waals surface area contributed by atoms with E-state index in [-0.39, 0.29) is 13.4 Å². The molecule has 7 aliphatic heterocycles. The van der Waals surface area contributed by atoms with Crippen LogP contribution in [0.1, 0.15) is 0 Å². The Kier molecular flexibility index (Phi) is 6.85. The number of thiophene rings is 1. The summed E-state index contributed by atoms with van der Waals surface area (Å²) in [5.74, 6) is 0. The van der Waals surface area contributed by atoms with Crippen LogP contribution in [0.15, 0.2) is 214 Å². The predicted octanol–water partition coefficient (Wildman–Crippen LogP) is 12.5. The minimum Gasteiger partial charge on any atom is -0.309 e. The molecule has 67 heavy (non-hydrogen) atoms. The molecule has 0 saturated heterocycles. The average molecular weight is 903 g/mol. The van der Waals surface area contributed by atoms with Crippen molar-refractivity contribution in [2.75, 3.05) is 19.6 Å². The van der Waals surface area contributed by atoms with Gasteiger partial charge in [-0.3, -0.25) is 0 Å². The zero-order chi connectivity index (χ0) is 43.2. The Bertz CT molecular complexity index is 3640. The molecule has 8 heterocycles. The van der Waals surface area contributed by atoms with Gasteiger partial charge in [0.05, 0.1) is 55.3 Å². The predicted molar refractivity (Wildman–Crippen MR) is 285 cm³/mol. The molecule has 0 radical (unpaired) electrons. The lowest BCUT2D eigenvalue weighted by Crippen LogP contribution is -2.65. The summed E-state index contributed by atoms with van der Waals surface area (Å²) in [7, 11) is 0. The van der Waals surface area contributed by atoms with E-state index in [2.05, 4.69) is 214 Å². The highest BCUT2D eigenvalue weighted by Crippen LogP contribution is 2.65. The Hall–Kier alpha value is -7.29. The fourth-order valence-corrected chi connectivity index (χ4v) is 16.2. The Morgan fingerprint density at radius 3 is 1.09 bits per heavy atom. The molecule has 9 heteroatoms. The van der Waals surface area contributed by atoms with E-state index in [9.17, 15) is 0 Å². The molecule has 0 aliphatic carbocycles. The second-order valence-electron chi connectivity index (χ2n) is 18.3. The maximum atomic E-state index is 2.72. The van der Waals surface area contributed by atoms with Crippen LogP contribution in [0.25, 0.3) is 20.9 Å². The Morgan fingerprint density at radius 1 is 0.269 bits per heavy atom. The first-order valence-corrected chi connectivity index (χ1v) is 25.5. The maximum Gasteiger partial charge on any atom is 0.252 e. The van der Waals surface area contributed by atoms with Gasteiger partial charge in [0.1, 0.15) is 0 Å². The summed E-state index contributed by atoms with van der Waals surface area (Å²) in [5.41, 5.74) is 25.9. The first kappa shape index (κ1) is 35.9. The standard InChI is InChI=1S/C58H32B2N4S3/c1-3-15-33(16-4-1)57-55-56(58(67-57)34-17-5-2-6-18-34)64-44-26-14-24-42-50(44)60(36-20-12-30-48-52(36)62(42)40-22-8-10-28-46(40)66-48)38-32-31-37-53(54(38)64)63(55)43-25-13-23-41-49(43)59(37)35-19-11-29-47-51(35)61(41)39-21-7-9-27-45(39)65-47/h1-32H. The van der Waals surface area contributed by atoms with Gasteiger partial charge in [-0.2, -0.15) is 0 Å².